The molecule has 2 amide bonds. The summed E-state index contributed by atoms with van der Waals surface area (Å²) in [5, 5.41) is 25.9. The number of aromatic amines is 1. The molecule has 0 bridgehead atoms. The number of anilines is 2. The highest BCUT2D eigenvalue weighted by Crippen LogP contribution is 2.12. The summed E-state index contributed by atoms with van der Waals surface area (Å²) in [5.41, 5.74) is 6.53. The lowest BCUT2D eigenvalue weighted by atomic mass is 10.1. The zero-order valence-electron chi connectivity index (χ0n) is 18.4. The molecule has 0 aliphatic carbocycles. The normalized spacial score (nSPS) is 11.6. The van der Waals surface area contributed by atoms with Gasteiger partial charge in [-0.25, -0.2) is 14.8 Å². The zero-order chi connectivity index (χ0) is 25.4. The number of hydrogen-bond acceptors (Lipinski definition) is 10. The number of benzene rings is 1. The molecule has 0 aliphatic heterocycles. The van der Waals surface area contributed by atoms with Crippen LogP contribution in [0.15, 0.2) is 35.3 Å². The van der Waals surface area contributed by atoms with E-state index >= 15 is 0 Å². The molecule has 8 N–H and O–H groups in total. The van der Waals surface area contributed by atoms with Gasteiger partial charge in [-0.2, -0.15) is 4.98 Å². The average Bonchev–Trinajstić information content (AvgIpc) is 2.84. The fourth-order valence-corrected chi connectivity index (χ4v) is 3.05. The minimum absolute atomic E-state index is 0.0509. The summed E-state index contributed by atoms with van der Waals surface area (Å²) in [5.74, 6) is -2.34. The molecule has 0 radical (unpaired) electrons. The third-order valence-corrected chi connectivity index (χ3v) is 4.81. The Morgan fingerprint density at radius 1 is 1.14 bits per heavy atom. The van der Waals surface area contributed by atoms with Gasteiger partial charge in [-0.05, 0) is 30.7 Å². The Bertz CT molecular complexity index is 1280. The summed E-state index contributed by atoms with van der Waals surface area (Å²) in [6, 6.07) is 5.01. The van der Waals surface area contributed by atoms with E-state index in [9.17, 15) is 24.3 Å². The molecule has 1 unspecified atom stereocenters. The quantitative estimate of drug-likeness (QED) is 0.174. The van der Waals surface area contributed by atoms with Crippen LogP contribution < -0.4 is 27.2 Å². The Morgan fingerprint density at radius 3 is 2.57 bits per heavy atom. The molecule has 184 valence electrons. The van der Waals surface area contributed by atoms with Crippen molar-refractivity contribution in [2.24, 2.45) is 0 Å². The van der Waals surface area contributed by atoms with Crippen molar-refractivity contribution in [3.05, 3.63) is 52.1 Å². The van der Waals surface area contributed by atoms with Crippen LogP contribution in [0.3, 0.4) is 0 Å². The number of fused-ring (bicyclic) bond motifs is 1. The number of amides is 2. The van der Waals surface area contributed by atoms with Gasteiger partial charge in [-0.3, -0.25) is 14.4 Å². The fraction of sp³-hybridized carbons (Fsp3) is 0.286. The SMILES string of the molecule is Nc1nc(=O)c2nc(CNc3ccc(C(=O)NC(CCC(=O)NCCO)C(=O)O)cc3)cnc2[nH]1. The van der Waals surface area contributed by atoms with Crippen molar-refractivity contribution in [2.45, 2.75) is 25.4 Å². The van der Waals surface area contributed by atoms with Crippen LogP contribution in [0.25, 0.3) is 11.2 Å². The summed E-state index contributed by atoms with van der Waals surface area (Å²) in [4.78, 5) is 62.0. The average molecular weight is 484 g/mol. The molecule has 0 saturated carbocycles. The first kappa shape index (κ1) is 25.0. The lowest BCUT2D eigenvalue weighted by Gasteiger charge is -2.15. The van der Waals surface area contributed by atoms with Gasteiger partial charge in [-0.15, -0.1) is 0 Å². The van der Waals surface area contributed by atoms with E-state index in [4.69, 9.17) is 10.8 Å². The summed E-state index contributed by atoms with van der Waals surface area (Å²) in [6.45, 7) is 0.0807. The molecule has 0 fully saturated rings. The van der Waals surface area contributed by atoms with Crippen LogP contribution in [-0.4, -0.2) is 67.1 Å². The molecule has 14 nitrogen and oxygen atoms in total. The first-order valence-electron chi connectivity index (χ1n) is 10.5. The lowest BCUT2D eigenvalue weighted by molar-refractivity contribution is -0.139. The lowest BCUT2D eigenvalue weighted by Crippen LogP contribution is -2.41. The van der Waals surface area contributed by atoms with Gasteiger partial charge in [0.25, 0.3) is 5.91 Å². The number of aromatic nitrogens is 4. The molecule has 3 aromatic rings. The fourth-order valence-electron chi connectivity index (χ4n) is 3.05. The minimum atomic E-state index is -1.26. The molecule has 0 spiro atoms. The van der Waals surface area contributed by atoms with Gasteiger partial charge in [0.15, 0.2) is 11.2 Å². The Morgan fingerprint density at radius 2 is 1.89 bits per heavy atom. The number of carboxylic acids is 1. The monoisotopic (exact) mass is 484 g/mol. The number of aliphatic hydroxyl groups excluding tert-OH is 1. The predicted octanol–water partition coefficient (Wildman–Crippen LogP) is -1.02. The number of rotatable bonds is 11. The van der Waals surface area contributed by atoms with Gasteiger partial charge >= 0.3 is 11.5 Å². The third-order valence-electron chi connectivity index (χ3n) is 4.81. The van der Waals surface area contributed by atoms with Gasteiger partial charge in [0.1, 0.15) is 6.04 Å². The van der Waals surface area contributed by atoms with Crippen LogP contribution in [0.5, 0.6) is 0 Å². The van der Waals surface area contributed by atoms with Crippen molar-refractivity contribution >= 4 is 40.6 Å². The molecule has 3 rings (SSSR count). The van der Waals surface area contributed by atoms with Crippen molar-refractivity contribution in [1.29, 1.82) is 0 Å². The Kier molecular flexibility index (Phi) is 8.24. The molecular weight excluding hydrogens is 460 g/mol. The number of carbonyl (C=O) groups is 3. The van der Waals surface area contributed by atoms with E-state index < -0.39 is 29.4 Å². The van der Waals surface area contributed by atoms with Crippen LogP contribution in [0, 0.1) is 0 Å². The highest BCUT2D eigenvalue weighted by Gasteiger charge is 2.21. The number of aliphatic carboxylic acids is 1. The van der Waals surface area contributed by atoms with E-state index in [1.54, 1.807) is 12.1 Å². The largest absolute Gasteiger partial charge is 0.480 e. The maximum Gasteiger partial charge on any atom is 0.326 e. The molecule has 35 heavy (non-hydrogen) atoms. The highest BCUT2D eigenvalue weighted by atomic mass is 16.4. The van der Waals surface area contributed by atoms with E-state index in [1.165, 1.54) is 18.3 Å². The molecule has 2 aromatic heterocycles. The predicted molar refractivity (Wildman–Crippen MR) is 124 cm³/mol. The van der Waals surface area contributed by atoms with Crippen LogP contribution in [-0.2, 0) is 16.1 Å². The Balaban J connectivity index is 1.57. The first-order valence-corrected chi connectivity index (χ1v) is 10.5. The maximum absolute atomic E-state index is 12.5. The number of nitrogens with one attached hydrogen (secondary N) is 4. The molecule has 1 aromatic carbocycles. The second-order valence-electron chi connectivity index (χ2n) is 7.39. The van der Waals surface area contributed by atoms with Crippen LogP contribution >= 0.6 is 0 Å². The number of aliphatic hydroxyl groups is 1. The molecular formula is C21H24N8O6. The van der Waals surface area contributed by atoms with Crippen LogP contribution in [0.1, 0.15) is 28.9 Å². The molecule has 1 atom stereocenters. The molecule has 14 heteroatoms. The van der Waals surface area contributed by atoms with Crippen molar-refractivity contribution in [1.82, 2.24) is 30.6 Å². The maximum atomic E-state index is 12.5. The van der Waals surface area contributed by atoms with Crippen molar-refractivity contribution < 1.29 is 24.6 Å². The first-order chi connectivity index (χ1) is 16.8. The van der Waals surface area contributed by atoms with E-state index in [0.29, 0.717) is 11.4 Å². The number of hydrogen-bond donors (Lipinski definition) is 7. The van der Waals surface area contributed by atoms with Gasteiger partial charge in [0.2, 0.25) is 11.9 Å². The molecule has 2 heterocycles. The summed E-state index contributed by atoms with van der Waals surface area (Å²) in [6.07, 6.45) is 1.26. The number of carbonyl (C=O) groups excluding carboxylic acids is 2. The number of nitrogen functional groups attached to an aromatic ring is 1. The van der Waals surface area contributed by atoms with Crippen molar-refractivity contribution in [2.75, 3.05) is 24.2 Å². The van der Waals surface area contributed by atoms with Crippen LogP contribution in [0.4, 0.5) is 11.6 Å². The smallest absolute Gasteiger partial charge is 0.326 e. The number of nitrogens with two attached hydrogens (primary N) is 1. The van der Waals surface area contributed by atoms with E-state index in [1.807, 2.05) is 0 Å². The number of carboxylic acid groups (broad SMARTS) is 1. The number of H-pyrrole nitrogens is 1. The van der Waals surface area contributed by atoms with E-state index in [2.05, 4.69) is 35.9 Å². The molecule has 0 aliphatic rings. The summed E-state index contributed by atoms with van der Waals surface area (Å²) in [7, 11) is 0. The van der Waals surface area contributed by atoms with Gasteiger partial charge in [-0.1, -0.05) is 0 Å². The zero-order valence-corrected chi connectivity index (χ0v) is 18.4. The van der Waals surface area contributed by atoms with E-state index in [-0.39, 0.29) is 55.2 Å². The Labute approximate surface area is 198 Å². The summed E-state index contributed by atoms with van der Waals surface area (Å²) < 4.78 is 0. The number of nitrogens with zero attached hydrogens (tertiary/aromatic N) is 3. The second-order valence-corrected chi connectivity index (χ2v) is 7.39. The van der Waals surface area contributed by atoms with Crippen molar-refractivity contribution in [3.63, 3.8) is 0 Å². The third kappa shape index (κ3) is 6.94. The van der Waals surface area contributed by atoms with Crippen LogP contribution in [0.2, 0.25) is 0 Å². The Hall–Kier alpha value is -4.59. The highest BCUT2D eigenvalue weighted by molar-refractivity contribution is 5.97. The van der Waals surface area contributed by atoms with Gasteiger partial charge in [0.05, 0.1) is 25.0 Å². The van der Waals surface area contributed by atoms with Gasteiger partial charge in [0, 0.05) is 24.2 Å². The topological polar surface area (TPSA) is 225 Å². The van der Waals surface area contributed by atoms with Crippen molar-refractivity contribution in [3.8, 4) is 0 Å². The van der Waals surface area contributed by atoms with Gasteiger partial charge < -0.3 is 36.9 Å². The standard InChI is InChI=1S/C21H24N8O6/c22-21-28-17-16(19(33)29-21)26-13(10-25-17)9-24-12-3-1-11(2-4-12)18(32)27-14(20(34)35)5-6-15(31)23-7-8-30/h1-4,10,14,24,30H,5-9H2,(H,23,31)(H,27,32)(H,34,35)(H3,22,25,28,29,33). The second kappa shape index (κ2) is 11.5. The summed E-state index contributed by atoms with van der Waals surface area (Å²) >= 11 is 0. The van der Waals surface area contributed by atoms with E-state index in [0.717, 1.165) is 0 Å². The molecule has 0 saturated heterocycles. The minimum Gasteiger partial charge on any atom is -0.480 e.